The minimum Gasteiger partial charge on any atom is -0.322 e. The fourth-order valence-electron chi connectivity index (χ4n) is 3.80. The van der Waals surface area contributed by atoms with Crippen molar-refractivity contribution in [3.05, 3.63) is 64.2 Å². The number of carbonyl (C=O) groups excluding carboxylic acids is 1. The standard InChI is InChI=1S/C23H30N2O/c1-16-9-11-25(12-10-16)15-20-5-7-21(8-6-20)23(26)24-22-18(3)13-17(2)14-19(22)4/h5-8,13-14,16H,9-12,15H2,1-4H3,(H,24,26). The Morgan fingerprint density at radius 3 is 2.19 bits per heavy atom. The van der Waals surface area contributed by atoms with Gasteiger partial charge in [0.05, 0.1) is 0 Å². The van der Waals surface area contributed by atoms with Crippen molar-refractivity contribution in [2.45, 2.75) is 47.1 Å². The highest BCUT2D eigenvalue weighted by Crippen LogP contribution is 2.23. The van der Waals surface area contributed by atoms with Gasteiger partial charge in [0, 0.05) is 17.8 Å². The first kappa shape index (κ1) is 18.7. The number of rotatable bonds is 4. The third-order valence-corrected chi connectivity index (χ3v) is 5.41. The maximum Gasteiger partial charge on any atom is 0.255 e. The van der Waals surface area contributed by atoms with Crippen LogP contribution in [0.3, 0.4) is 0 Å². The van der Waals surface area contributed by atoms with Gasteiger partial charge in [0.15, 0.2) is 0 Å². The van der Waals surface area contributed by atoms with Crippen LogP contribution in [0.5, 0.6) is 0 Å². The summed E-state index contributed by atoms with van der Waals surface area (Å²) in [7, 11) is 0. The molecule has 1 fully saturated rings. The van der Waals surface area contributed by atoms with E-state index in [0.29, 0.717) is 5.56 Å². The molecule has 26 heavy (non-hydrogen) atoms. The molecule has 3 heteroatoms. The second kappa shape index (κ2) is 8.05. The highest BCUT2D eigenvalue weighted by Gasteiger charge is 2.16. The van der Waals surface area contributed by atoms with Crippen LogP contribution in [0.1, 0.15) is 52.4 Å². The van der Waals surface area contributed by atoms with Crippen molar-refractivity contribution in [1.82, 2.24) is 4.90 Å². The van der Waals surface area contributed by atoms with Crippen LogP contribution in [0.2, 0.25) is 0 Å². The Morgan fingerprint density at radius 1 is 1.04 bits per heavy atom. The number of hydrogen-bond donors (Lipinski definition) is 1. The van der Waals surface area contributed by atoms with Crippen molar-refractivity contribution in [3.63, 3.8) is 0 Å². The number of anilines is 1. The van der Waals surface area contributed by atoms with Crippen molar-refractivity contribution in [2.75, 3.05) is 18.4 Å². The second-order valence-electron chi connectivity index (χ2n) is 7.88. The summed E-state index contributed by atoms with van der Waals surface area (Å²) in [6.07, 6.45) is 2.57. The summed E-state index contributed by atoms with van der Waals surface area (Å²) in [5.41, 5.74) is 6.33. The fraction of sp³-hybridized carbons (Fsp3) is 0.435. The van der Waals surface area contributed by atoms with Gasteiger partial charge >= 0.3 is 0 Å². The smallest absolute Gasteiger partial charge is 0.255 e. The molecule has 0 aromatic heterocycles. The Kier molecular flexibility index (Phi) is 5.77. The molecule has 0 unspecified atom stereocenters. The fourth-order valence-corrected chi connectivity index (χ4v) is 3.80. The van der Waals surface area contributed by atoms with Crippen molar-refractivity contribution < 1.29 is 4.79 Å². The molecule has 138 valence electrons. The van der Waals surface area contributed by atoms with Crippen LogP contribution in [0.15, 0.2) is 36.4 Å². The Morgan fingerprint density at radius 2 is 1.62 bits per heavy atom. The predicted molar refractivity (Wildman–Crippen MR) is 109 cm³/mol. The van der Waals surface area contributed by atoms with E-state index in [2.05, 4.69) is 48.3 Å². The lowest BCUT2D eigenvalue weighted by Crippen LogP contribution is -2.32. The summed E-state index contributed by atoms with van der Waals surface area (Å²) in [6, 6.07) is 12.3. The number of piperidine rings is 1. The van der Waals surface area contributed by atoms with Crippen LogP contribution in [0, 0.1) is 26.7 Å². The SMILES string of the molecule is Cc1cc(C)c(NC(=O)c2ccc(CN3CCC(C)CC3)cc2)c(C)c1. The maximum atomic E-state index is 12.6. The second-order valence-corrected chi connectivity index (χ2v) is 7.88. The van der Waals surface area contributed by atoms with Gasteiger partial charge < -0.3 is 5.32 Å². The van der Waals surface area contributed by atoms with E-state index in [-0.39, 0.29) is 5.91 Å². The number of likely N-dealkylation sites (tertiary alicyclic amines) is 1. The number of hydrogen-bond acceptors (Lipinski definition) is 2. The number of amides is 1. The van der Waals surface area contributed by atoms with E-state index < -0.39 is 0 Å². The molecule has 1 aliphatic heterocycles. The van der Waals surface area contributed by atoms with Crippen LogP contribution >= 0.6 is 0 Å². The van der Waals surface area contributed by atoms with Gasteiger partial charge in [-0.05, 0) is 81.4 Å². The first-order valence-electron chi connectivity index (χ1n) is 9.63. The Balaban J connectivity index is 1.64. The molecule has 1 amide bonds. The average molecular weight is 351 g/mol. The molecule has 1 heterocycles. The molecule has 2 aromatic rings. The Labute approximate surface area is 157 Å². The Bertz CT molecular complexity index is 748. The third-order valence-electron chi connectivity index (χ3n) is 5.41. The zero-order valence-corrected chi connectivity index (χ0v) is 16.4. The lowest BCUT2D eigenvalue weighted by Gasteiger charge is -2.30. The minimum absolute atomic E-state index is 0.0431. The lowest BCUT2D eigenvalue weighted by atomic mass is 9.99. The van der Waals surface area contributed by atoms with E-state index in [9.17, 15) is 4.79 Å². The molecule has 0 atom stereocenters. The van der Waals surface area contributed by atoms with E-state index in [0.717, 1.165) is 29.3 Å². The van der Waals surface area contributed by atoms with Crippen molar-refractivity contribution >= 4 is 11.6 Å². The van der Waals surface area contributed by atoms with E-state index in [1.165, 1.54) is 37.1 Å². The number of aryl methyl sites for hydroxylation is 3. The lowest BCUT2D eigenvalue weighted by molar-refractivity contribution is 0.102. The van der Waals surface area contributed by atoms with Gasteiger partial charge in [-0.1, -0.05) is 36.8 Å². The zero-order chi connectivity index (χ0) is 18.7. The molecule has 0 saturated carbocycles. The molecule has 1 saturated heterocycles. The highest BCUT2D eigenvalue weighted by molar-refractivity contribution is 6.05. The summed E-state index contributed by atoms with van der Waals surface area (Å²) < 4.78 is 0. The van der Waals surface area contributed by atoms with Crippen LogP contribution < -0.4 is 5.32 Å². The monoisotopic (exact) mass is 350 g/mol. The first-order valence-corrected chi connectivity index (χ1v) is 9.63. The van der Waals surface area contributed by atoms with Crippen LogP contribution in [0.25, 0.3) is 0 Å². The van der Waals surface area contributed by atoms with Gasteiger partial charge in [0.25, 0.3) is 5.91 Å². The van der Waals surface area contributed by atoms with Gasteiger partial charge in [-0.25, -0.2) is 0 Å². The van der Waals surface area contributed by atoms with E-state index in [4.69, 9.17) is 0 Å². The zero-order valence-electron chi connectivity index (χ0n) is 16.4. The predicted octanol–water partition coefficient (Wildman–Crippen LogP) is 5.10. The largest absolute Gasteiger partial charge is 0.322 e. The quantitative estimate of drug-likeness (QED) is 0.832. The van der Waals surface area contributed by atoms with Gasteiger partial charge in [0.2, 0.25) is 0 Å². The van der Waals surface area contributed by atoms with Crippen molar-refractivity contribution in [2.24, 2.45) is 5.92 Å². The van der Waals surface area contributed by atoms with Gasteiger partial charge in [-0.15, -0.1) is 0 Å². The molecule has 3 rings (SSSR count). The molecular weight excluding hydrogens is 320 g/mol. The van der Waals surface area contributed by atoms with Gasteiger partial charge in [-0.3, -0.25) is 9.69 Å². The molecule has 1 aliphatic rings. The maximum absolute atomic E-state index is 12.6. The van der Waals surface area contributed by atoms with Crippen LogP contribution in [-0.2, 0) is 6.54 Å². The number of nitrogens with zero attached hydrogens (tertiary/aromatic N) is 1. The number of nitrogens with one attached hydrogen (secondary N) is 1. The van der Waals surface area contributed by atoms with Gasteiger partial charge in [-0.2, -0.15) is 0 Å². The van der Waals surface area contributed by atoms with Crippen molar-refractivity contribution in [1.29, 1.82) is 0 Å². The molecule has 2 aromatic carbocycles. The highest BCUT2D eigenvalue weighted by atomic mass is 16.1. The third kappa shape index (κ3) is 4.53. The number of carbonyl (C=O) groups is 1. The van der Waals surface area contributed by atoms with Gasteiger partial charge in [0.1, 0.15) is 0 Å². The molecule has 1 N–H and O–H groups in total. The topological polar surface area (TPSA) is 32.3 Å². The van der Waals surface area contributed by atoms with E-state index in [1.54, 1.807) is 0 Å². The molecule has 0 aliphatic carbocycles. The van der Waals surface area contributed by atoms with Crippen LogP contribution in [0.4, 0.5) is 5.69 Å². The summed E-state index contributed by atoms with van der Waals surface area (Å²) in [5.74, 6) is 0.810. The molecule has 0 radical (unpaired) electrons. The number of benzene rings is 2. The first-order chi connectivity index (χ1) is 12.4. The van der Waals surface area contributed by atoms with E-state index in [1.807, 2.05) is 26.0 Å². The van der Waals surface area contributed by atoms with Crippen LogP contribution in [-0.4, -0.2) is 23.9 Å². The molecule has 0 spiro atoms. The summed E-state index contributed by atoms with van der Waals surface area (Å²) in [6.45, 7) is 11.8. The van der Waals surface area contributed by atoms with E-state index >= 15 is 0 Å². The summed E-state index contributed by atoms with van der Waals surface area (Å²) in [4.78, 5) is 15.1. The molecular formula is C23H30N2O. The Hall–Kier alpha value is -2.13. The van der Waals surface area contributed by atoms with Crippen molar-refractivity contribution in [3.8, 4) is 0 Å². The normalized spacial score (nSPS) is 15.8. The summed E-state index contributed by atoms with van der Waals surface area (Å²) in [5, 5.41) is 3.08. The summed E-state index contributed by atoms with van der Waals surface area (Å²) >= 11 is 0. The molecule has 0 bridgehead atoms. The molecule has 3 nitrogen and oxygen atoms in total. The minimum atomic E-state index is -0.0431. The average Bonchev–Trinajstić information content (AvgIpc) is 2.60.